The van der Waals surface area contributed by atoms with Crippen molar-refractivity contribution in [2.24, 2.45) is 5.92 Å². The molecule has 0 saturated heterocycles. The van der Waals surface area contributed by atoms with E-state index in [2.05, 4.69) is 5.32 Å². The molecule has 1 rings (SSSR count). The fourth-order valence-corrected chi connectivity index (χ4v) is 2.83. The molecule has 0 heterocycles. The second-order valence-corrected chi connectivity index (χ2v) is 7.96. The molecule has 1 N–H and O–H groups in total. The first-order valence-electron chi connectivity index (χ1n) is 7.49. The minimum Gasteiger partial charge on any atom is -0.348 e. The normalized spacial score (nSPS) is 13.4. The maximum atomic E-state index is 12.1. The predicted molar refractivity (Wildman–Crippen MR) is 88.9 cm³/mol. The SMILES string of the molecule is CC(C)CCN(CC(=O)NC(C)c1ccccc1)S(C)(=O)=O. The minimum absolute atomic E-state index is 0.136. The van der Waals surface area contributed by atoms with Crippen molar-refractivity contribution in [3.63, 3.8) is 0 Å². The van der Waals surface area contributed by atoms with Crippen LogP contribution in [-0.4, -0.2) is 38.0 Å². The Kier molecular flexibility index (Phi) is 7.03. The lowest BCUT2D eigenvalue weighted by molar-refractivity contribution is -0.122. The Hall–Kier alpha value is -1.40. The molecule has 6 heteroatoms. The van der Waals surface area contributed by atoms with Gasteiger partial charge < -0.3 is 5.32 Å². The van der Waals surface area contributed by atoms with E-state index in [1.54, 1.807) is 0 Å². The molecule has 0 aliphatic carbocycles. The largest absolute Gasteiger partial charge is 0.348 e. The fraction of sp³-hybridized carbons (Fsp3) is 0.562. The van der Waals surface area contributed by atoms with Gasteiger partial charge in [-0.2, -0.15) is 4.31 Å². The van der Waals surface area contributed by atoms with Crippen molar-refractivity contribution in [1.29, 1.82) is 0 Å². The maximum Gasteiger partial charge on any atom is 0.235 e. The van der Waals surface area contributed by atoms with Crippen LogP contribution >= 0.6 is 0 Å². The number of carbonyl (C=O) groups is 1. The molecule has 0 aromatic heterocycles. The van der Waals surface area contributed by atoms with Gasteiger partial charge in [0, 0.05) is 6.54 Å². The number of benzene rings is 1. The first-order valence-corrected chi connectivity index (χ1v) is 9.34. The summed E-state index contributed by atoms with van der Waals surface area (Å²) in [5.74, 6) is 0.0982. The molecular weight excluding hydrogens is 300 g/mol. The van der Waals surface area contributed by atoms with Gasteiger partial charge in [-0.05, 0) is 24.8 Å². The Bertz CT molecular complexity index is 570. The second kappa shape index (κ2) is 8.29. The zero-order chi connectivity index (χ0) is 16.8. The van der Waals surface area contributed by atoms with E-state index in [0.29, 0.717) is 12.5 Å². The van der Waals surface area contributed by atoms with Gasteiger partial charge in [-0.15, -0.1) is 0 Å². The number of hydrogen-bond donors (Lipinski definition) is 1. The van der Waals surface area contributed by atoms with Crippen LogP contribution in [0.3, 0.4) is 0 Å². The molecule has 0 fully saturated rings. The van der Waals surface area contributed by atoms with Crippen LogP contribution in [0.4, 0.5) is 0 Å². The van der Waals surface area contributed by atoms with Gasteiger partial charge >= 0.3 is 0 Å². The molecule has 1 atom stereocenters. The Morgan fingerprint density at radius 2 is 1.77 bits per heavy atom. The molecule has 0 radical (unpaired) electrons. The van der Waals surface area contributed by atoms with Gasteiger partial charge in [0.25, 0.3) is 0 Å². The summed E-state index contributed by atoms with van der Waals surface area (Å²) in [4.78, 5) is 12.1. The molecule has 5 nitrogen and oxygen atoms in total. The zero-order valence-corrected chi connectivity index (χ0v) is 14.6. The Labute approximate surface area is 133 Å². The van der Waals surface area contributed by atoms with Crippen LogP contribution in [0.25, 0.3) is 0 Å². The number of nitrogens with zero attached hydrogens (tertiary/aromatic N) is 1. The lowest BCUT2D eigenvalue weighted by atomic mass is 10.1. The van der Waals surface area contributed by atoms with E-state index >= 15 is 0 Å². The Morgan fingerprint density at radius 3 is 2.27 bits per heavy atom. The number of hydrogen-bond acceptors (Lipinski definition) is 3. The molecule has 0 saturated carbocycles. The summed E-state index contributed by atoms with van der Waals surface area (Å²) >= 11 is 0. The summed E-state index contributed by atoms with van der Waals surface area (Å²) in [7, 11) is -3.38. The van der Waals surface area contributed by atoms with Crippen LogP contribution in [0.1, 0.15) is 38.8 Å². The van der Waals surface area contributed by atoms with Crippen molar-refractivity contribution in [3.8, 4) is 0 Å². The lowest BCUT2D eigenvalue weighted by Gasteiger charge is -2.22. The minimum atomic E-state index is -3.38. The standard InChI is InChI=1S/C16H26N2O3S/c1-13(2)10-11-18(22(4,20)21)12-16(19)17-14(3)15-8-6-5-7-9-15/h5-9,13-14H,10-12H2,1-4H3,(H,17,19). The van der Waals surface area contributed by atoms with Crippen LogP contribution in [0.15, 0.2) is 30.3 Å². The summed E-state index contributed by atoms with van der Waals surface area (Å²) in [5, 5.41) is 2.84. The molecule has 1 aromatic carbocycles. The first kappa shape index (κ1) is 18.6. The molecule has 0 aliphatic rings. The monoisotopic (exact) mass is 326 g/mol. The average molecular weight is 326 g/mol. The number of nitrogens with one attached hydrogen (secondary N) is 1. The number of rotatable bonds is 8. The van der Waals surface area contributed by atoms with E-state index < -0.39 is 10.0 Å². The van der Waals surface area contributed by atoms with E-state index in [4.69, 9.17) is 0 Å². The summed E-state index contributed by atoms with van der Waals surface area (Å²) in [6.45, 7) is 6.16. The van der Waals surface area contributed by atoms with Gasteiger partial charge in [0.05, 0.1) is 18.8 Å². The topological polar surface area (TPSA) is 66.5 Å². The lowest BCUT2D eigenvalue weighted by Crippen LogP contribution is -2.41. The third-order valence-electron chi connectivity index (χ3n) is 3.42. The third-order valence-corrected chi connectivity index (χ3v) is 4.67. The summed E-state index contributed by atoms with van der Waals surface area (Å²) in [6.07, 6.45) is 1.87. The van der Waals surface area contributed by atoms with Gasteiger partial charge in [-0.25, -0.2) is 8.42 Å². The molecule has 0 spiro atoms. The van der Waals surface area contributed by atoms with Gasteiger partial charge in [0.2, 0.25) is 15.9 Å². The number of sulfonamides is 1. The molecule has 0 aliphatic heterocycles. The van der Waals surface area contributed by atoms with E-state index in [-0.39, 0.29) is 18.5 Å². The molecule has 1 unspecified atom stereocenters. The molecular formula is C16H26N2O3S. The quantitative estimate of drug-likeness (QED) is 0.796. The fourth-order valence-electron chi connectivity index (χ4n) is 2.04. The van der Waals surface area contributed by atoms with Crippen LogP contribution in [0.5, 0.6) is 0 Å². The van der Waals surface area contributed by atoms with Crippen LogP contribution in [0.2, 0.25) is 0 Å². The van der Waals surface area contributed by atoms with Crippen LogP contribution < -0.4 is 5.32 Å². The molecule has 0 bridgehead atoms. The van der Waals surface area contributed by atoms with E-state index in [0.717, 1.165) is 18.2 Å². The summed E-state index contributed by atoms with van der Waals surface area (Å²) in [6, 6.07) is 9.43. The van der Waals surface area contributed by atoms with E-state index in [1.807, 2.05) is 51.1 Å². The number of carbonyl (C=O) groups excluding carboxylic acids is 1. The average Bonchev–Trinajstić information content (AvgIpc) is 2.42. The van der Waals surface area contributed by atoms with Crippen molar-refractivity contribution in [3.05, 3.63) is 35.9 Å². The van der Waals surface area contributed by atoms with Crippen molar-refractivity contribution in [2.45, 2.75) is 33.2 Å². The van der Waals surface area contributed by atoms with E-state index in [9.17, 15) is 13.2 Å². The smallest absolute Gasteiger partial charge is 0.235 e. The van der Waals surface area contributed by atoms with Gasteiger partial charge in [-0.1, -0.05) is 44.2 Å². The zero-order valence-electron chi connectivity index (χ0n) is 13.7. The van der Waals surface area contributed by atoms with Crippen molar-refractivity contribution >= 4 is 15.9 Å². The highest BCUT2D eigenvalue weighted by Crippen LogP contribution is 2.11. The summed E-state index contributed by atoms with van der Waals surface area (Å²) in [5.41, 5.74) is 0.990. The maximum absolute atomic E-state index is 12.1. The Balaban J connectivity index is 2.63. The van der Waals surface area contributed by atoms with E-state index in [1.165, 1.54) is 4.31 Å². The number of amides is 1. The first-order chi connectivity index (χ1) is 10.2. The molecule has 124 valence electrons. The summed E-state index contributed by atoms with van der Waals surface area (Å²) < 4.78 is 24.8. The van der Waals surface area contributed by atoms with Gasteiger partial charge in [0.15, 0.2) is 0 Å². The Morgan fingerprint density at radius 1 is 1.18 bits per heavy atom. The van der Waals surface area contributed by atoms with Gasteiger partial charge in [0.1, 0.15) is 0 Å². The van der Waals surface area contributed by atoms with Crippen LogP contribution in [-0.2, 0) is 14.8 Å². The van der Waals surface area contributed by atoms with Crippen molar-refractivity contribution < 1.29 is 13.2 Å². The highest BCUT2D eigenvalue weighted by atomic mass is 32.2. The van der Waals surface area contributed by atoms with Crippen molar-refractivity contribution in [2.75, 3.05) is 19.3 Å². The third kappa shape index (κ3) is 6.58. The highest BCUT2D eigenvalue weighted by Gasteiger charge is 2.21. The molecule has 1 amide bonds. The second-order valence-electron chi connectivity index (χ2n) is 5.98. The molecule has 1 aromatic rings. The predicted octanol–water partition coefficient (Wildman–Crippen LogP) is 2.17. The van der Waals surface area contributed by atoms with Crippen molar-refractivity contribution in [1.82, 2.24) is 9.62 Å². The highest BCUT2D eigenvalue weighted by molar-refractivity contribution is 7.88. The van der Waals surface area contributed by atoms with Crippen LogP contribution in [0, 0.1) is 5.92 Å². The van der Waals surface area contributed by atoms with Gasteiger partial charge in [-0.3, -0.25) is 4.79 Å². The molecule has 22 heavy (non-hydrogen) atoms.